The molecular weight excluding hydrogens is 448 g/mol. The van der Waals surface area contributed by atoms with Gasteiger partial charge >= 0.3 is 0 Å². The van der Waals surface area contributed by atoms with Crippen LogP contribution in [0.2, 0.25) is 0 Å². The van der Waals surface area contributed by atoms with Crippen LogP contribution in [-0.4, -0.2) is 95.5 Å². The number of nitrogens with zero attached hydrogens (tertiary/aromatic N) is 4. The van der Waals surface area contributed by atoms with Gasteiger partial charge in [-0.3, -0.25) is 14.4 Å². The van der Waals surface area contributed by atoms with Crippen molar-refractivity contribution in [3.05, 3.63) is 47.7 Å². The maximum Gasteiger partial charge on any atom is 0.259 e. The minimum absolute atomic E-state index is 0.0840. The van der Waals surface area contributed by atoms with Gasteiger partial charge in [0, 0.05) is 57.9 Å². The zero-order valence-corrected chi connectivity index (χ0v) is 21.2. The maximum atomic E-state index is 13.6. The Labute approximate surface area is 206 Å². The van der Waals surface area contributed by atoms with Crippen molar-refractivity contribution in [1.29, 1.82) is 0 Å². The molecule has 9 heteroatoms. The molecule has 1 aliphatic heterocycles. The highest BCUT2D eigenvalue weighted by molar-refractivity contribution is 5.98. The lowest BCUT2D eigenvalue weighted by Gasteiger charge is -2.37. The second kappa shape index (κ2) is 10.9. The van der Waals surface area contributed by atoms with E-state index in [4.69, 9.17) is 4.74 Å². The van der Waals surface area contributed by atoms with E-state index in [-0.39, 0.29) is 42.2 Å². The van der Waals surface area contributed by atoms with Gasteiger partial charge in [-0.15, -0.1) is 0 Å². The summed E-state index contributed by atoms with van der Waals surface area (Å²) in [6, 6.07) is 8.43. The molecule has 1 aromatic carbocycles. The quantitative estimate of drug-likeness (QED) is 0.677. The van der Waals surface area contributed by atoms with Gasteiger partial charge in [0.15, 0.2) is 0 Å². The second-order valence-electron chi connectivity index (χ2n) is 9.38. The van der Waals surface area contributed by atoms with Gasteiger partial charge in [0.1, 0.15) is 11.7 Å². The molecule has 188 valence electrons. The number of carbonyl (C=O) groups excluding carboxylic acids is 3. The van der Waals surface area contributed by atoms with Crippen molar-refractivity contribution in [3.8, 4) is 17.0 Å². The highest BCUT2D eigenvalue weighted by Crippen LogP contribution is 2.30. The van der Waals surface area contributed by atoms with Crippen molar-refractivity contribution in [3.63, 3.8) is 0 Å². The Balaban J connectivity index is 2.02. The van der Waals surface area contributed by atoms with Crippen LogP contribution < -0.4 is 4.74 Å². The molecule has 0 saturated heterocycles. The van der Waals surface area contributed by atoms with Gasteiger partial charge in [-0.2, -0.15) is 0 Å². The Morgan fingerprint density at radius 1 is 1.20 bits per heavy atom. The van der Waals surface area contributed by atoms with Crippen molar-refractivity contribution in [2.24, 2.45) is 5.92 Å². The van der Waals surface area contributed by atoms with Crippen LogP contribution in [0.25, 0.3) is 11.1 Å². The number of benzene rings is 1. The molecule has 0 unspecified atom stereocenters. The Kier molecular flexibility index (Phi) is 8.11. The lowest BCUT2D eigenvalue weighted by molar-refractivity contribution is -0.129. The van der Waals surface area contributed by atoms with E-state index >= 15 is 0 Å². The molecule has 1 N–H and O–H groups in total. The molecule has 3 atom stereocenters. The highest BCUT2D eigenvalue weighted by Gasteiger charge is 2.34. The molecule has 2 heterocycles. The van der Waals surface area contributed by atoms with Crippen molar-refractivity contribution >= 4 is 17.7 Å². The van der Waals surface area contributed by atoms with Gasteiger partial charge in [0.25, 0.3) is 11.8 Å². The van der Waals surface area contributed by atoms with Crippen LogP contribution in [-0.2, 0) is 4.79 Å². The summed E-state index contributed by atoms with van der Waals surface area (Å²) in [6.07, 6.45) is 1.24. The van der Waals surface area contributed by atoms with E-state index in [2.05, 4.69) is 4.98 Å². The van der Waals surface area contributed by atoms with Crippen molar-refractivity contribution in [1.82, 2.24) is 19.7 Å². The topological polar surface area (TPSA) is 103 Å². The fraction of sp³-hybridized carbons (Fsp3) is 0.462. The molecule has 0 radical (unpaired) electrons. The standard InChI is InChI=1S/C26H34N4O5/c1-16-13-30(17(2)15-31)26(34)22-11-21(19-7-9-20(10-8-19)25(33)28(4)5)12-27-24(22)35-23(16)14-29(6)18(3)32/h7-12,16-17,23,31H,13-15H2,1-6H3/t16-,17+,23-/m1/s1. The predicted octanol–water partition coefficient (Wildman–Crippen LogP) is 2.15. The molecule has 2 aromatic rings. The number of aliphatic hydroxyl groups excluding tert-OH is 1. The molecule has 0 saturated carbocycles. The number of hydrogen-bond acceptors (Lipinski definition) is 6. The maximum absolute atomic E-state index is 13.6. The molecule has 3 rings (SSSR count). The van der Waals surface area contributed by atoms with Gasteiger partial charge in [0.2, 0.25) is 11.8 Å². The first-order valence-corrected chi connectivity index (χ1v) is 11.7. The predicted molar refractivity (Wildman–Crippen MR) is 132 cm³/mol. The molecule has 9 nitrogen and oxygen atoms in total. The van der Waals surface area contributed by atoms with Crippen molar-refractivity contribution < 1.29 is 24.2 Å². The molecule has 35 heavy (non-hydrogen) atoms. The molecule has 0 bridgehead atoms. The number of carbonyl (C=O) groups is 3. The van der Waals surface area contributed by atoms with Crippen LogP contribution >= 0.6 is 0 Å². The van der Waals surface area contributed by atoms with E-state index in [1.807, 2.05) is 19.1 Å². The number of ether oxygens (including phenoxy) is 1. The number of aliphatic hydroxyl groups is 1. The molecule has 1 aromatic heterocycles. The number of hydrogen-bond donors (Lipinski definition) is 1. The van der Waals surface area contributed by atoms with E-state index in [1.165, 1.54) is 11.8 Å². The molecule has 0 aliphatic carbocycles. The molecule has 3 amide bonds. The van der Waals surface area contributed by atoms with E-state index in [0.29, 0.717) is 29.8 Å². The van der Waals surface area contributed by atoms with Gasteiger partial charge < -0.3 is 24.5 Å². The van der Waals surface area contributed by atoms with Crippen LogP contribution in [0.3, 0.4) is 0 Å². The Bertz CT molecular complexity index is 1090. The third-order valence-electron chi connectivity index (χ3n) is 6.38. The fourth-order valence-corrected chi connectivity index (χ4v) is 3.94. The largest absolute Gasteiger partial charge is 0.472 e. The first-order chi connectivity index (χ1) is 16.5. The number of fused-ring (bicyclic) bond motifs is 1. The van der Waals surface area contributed by atoms with Crippen molar-refractivity contribution in [2.45, 2.75) is 32.9 Å². The molecule has 0 fully saturated rings. The van der Waals surface area contributed by atoms with Crippen LogP contribution in [0.4, 0.5) is 0 Å². The summed E-state index contributed by atoms with van der Waals surface area (Å²) < 4.78 is 6.20. The number of likely N-dealkylation sites (N-methyl/N-ethyl adjacent to an activating group) is 1. The number of amides is 3. The summed E-state index contributed by atoms with van der Waals surface area (Å²) >= 11 is 0. The zero-order valence-electron chi connectivity index (χ0n) is 21.2. The van der Waals surface area contributed by atoms with E-state index in [9.17, 15) is 19.5 Å². The first-order valence-electron chi connectivity index (χ1n) is 11.7. The molecule has 1 aliphatic rings. The minimum Gasteiger partial charge on any atom is -0.472 e. The summed E-state index contributed by atoms with van der Waals surface area (Å²) in [6.45, 7) is 5.77. The Morgan fingerprint density at radius 3 is 2.43 bits per heavy atom. The molecule has 0 spiro atoms. The number of rotatable bonds is 6. The summed E-state index contributed by atoms with van der Waals surface area (Å²) in [5, 5.41) is 9.80. The third kappa shape index (κ3) is 5.79. The summed E-state index contributed by atoms with van der Waals surface area (Å²) in [7, 11) is 5.10. The molecular formula is C26H34N4O5. The summed E-state index contributed by atoms with van der Waals surface area (Å²) in [4.78, 5) is 46.8. The van der Waals surface area contributed by atoms with Crippen LogP contribution in [0.15, 0.2) is 36.5 Å². The summed E-state index contributed by atoms with van der Waals surface area (Å²) in [5.41, 5.74) is 2.35. The lowest BCUT2D eigenvalue weighted by Crippen LogP contribution is -2.50. The highest BCUT2D eigenvalue weighted by atomic mass is 16.5. The number of pyridine rings is 1. The van der Waals surface area contributed by atoms with Gasteiger partial charge in [-0.05, 0) is 30.7 Å². The van der Waals surface area contributed by atoms with Gasteiger partial charge in [0.05, 0.1) is 19.2 Å². The lowest BCUT2D eigenvalue weighted by atomic mass is 9.99. The monoisotopic (exact) mass is 482 g/mol. The zero-order chi connectivity index (χ0) is 25.9. The Morgan fingerprint density at radius 2 is 1.86 bits per heavy atom. The van der Waals surface area contributed by atoms with E-state index < -0.39 is 6.04 Å². The van der Waals surface area contributed by atoms with Crippen LogP contribution in [0, 0.1) is 5.92 Å². The number of aromatic nitrogens is 1. The average molecular weight is 483 g/mol. The van der Waals surface area contributed by atoms with E-state index in [1.54, 1.807) is 62.3 Å². The first kappa shape index (κ1) is 26.2. The fourth-order valence-electron chi connectivity index (χ4n) is 3.94. The SMILES string of the molecule is CC(=O)N(C)C[C@H]1Oc2ncc(-c3ccc(C(=O)N(C)C)cc3)cc2C(=O)N([C@@H](C)CO)C[C@H]1C. The third-order valence-corrected chi connectivity index (χ3v) is 6.38. The van der Waals surface area contributed by atoms with Crippen LogP contribution in [0.1, 0.15) is 41.5 Å². The van der Waals surface area contributed by atoms with Gasteiger partial charge in [-0.25, -0.2) is 4.98 Å². The normalized spacial score (nSPS) is 18.6. The smallest absolute Gasteiger partial charge is 0.259 e. The average Bonchev–Trinajstić information content (AvgIpc) is 2.84. The van der Waals surface area contributed by atoms with Crippen LogP contribution in [0.5, 0.6) is 5.88 Å². The summed E-state index contributed by atoms with van der Waals surface area (Å²) in [5.74, 6) is -0.367. The van der Waals surface area contributed by atoms with Crippen molar-refractivity contribution in [2.75, 3.05) is 40.8 Å². The Hall–Kier alpha value is -3.46. The second-order valence-corrected chi connectivity index (χ2v) is 9.38. The van der Waals surface area contributed by atoms with E-state index in [0.717, 1.165) is 5.56 Å². The minimum atomic E-state index is -0.401. The van der Waals surface area contributed by atoms with Gasteiger partial charge in [-0.1, -0.05) is 19.1 Å².